The van der Waals surface area contributed by atoms with Crippen LogP contribution in [0.4, 0.5) is 0 Å². The molecule has 2 atom stereocenters. The highest BCUT2D eigenvalue weighted by Crippen LogP contribution is 2.48. The van der Waals surface area contributed by atoms with Crippen molar-refractivity contribution in [2.75, 3.05) is 0 Å². The number of hydrogen-bond donors (Lipinski definition) is 0. The van der Waals surface area contributed by atoms with Gasteiger partial charge in [0.15, 0.2) is 0 Å². The number of hydrogen-bond acceptors (Lipinski definition) is 0. The predicted octanol–water partition coefficient (Wildman–Crippen LogP) is 3.70. The third-order valence-corrected chi connectivity index (χ3v) is 3.88. The average molecular weight is 162 g/mol. The summed E-state index contributed by atoms with van der Waals surface area (Å²) < 4.78 is 0. The van der Waals surface area contributed by atoms with Crippen LogP contribution < -0.4 is 0 Å². The molecule has 1 fully saturated rings. The van der Waals surface area contributed by atoms with Crippen LogP contribution in [0.2, 0.25) is 0 Å². The second-order valence-electron chi connectivity index (χ2n) is 4.53. The van der Waals surface area contributed by atoms with Crippen LogP contribution in [0, 0.1) is 11.3 Å². The Bertz CT molecular complexity index is 234. The fraction of sp³-hybridized carbons (Fsp3) is 0.667. The van der Waals surface area contributed by atoms with Crippen molar-refractivity contribution < 1.29 is 0 Å². The van der Waals surface area contributed by atoms with Crippen molar-refractivity contribution in [2.45, 2.75) is 39.5 Å². The molecular formula is C12H18. The molecule has 0 unspecified atom stereocenters. The summed E-state index contributed by atoms with van der Waals surface area (Å²) in [7, 11) is 0. The maximum absolute atomic E-state index is 2.44. The van der Waals surface area contributed by atoms with Crippen molar-refractivity contribution in [1.29, 1.82) is 0 Å². The summed E-state index contributed by atoms with van der Waals surface area (Å²) in [5, 5.41) is 0. The zero-order valence-corrected chi connectivity index (χ0v) is 8.14. The first-order chi connectivity index (χ1) is 5.73. The van der Waals surface area contributed by atoms with Crippen LogP contribution in [0.5, 0.6) is 0 Å². The number of fused-ring (bicyclic) bond motifs is 1. The molecule has 0 radical (unpaired) electrons. The van der Waals surface area contributed by atoms with E-state index < -0.39 is 0 Å². The van der Waals surface area contributed by atoms with Crippen molar-refractivity contribution in [2.24, 2.45) is 11.3 Å². The second kappa shape index (κ2) is 2.76. The van der Waals surface area contributed by atoms with E-state index >= 15 is 0 Å². The minimum absolute atomic E-state index is 0.507. The summed E-state index contributed by atoms with van der Waals surface area (Å²) in [6, 6.07) is 0. The van der Waals surface area contributed by atoms with Crippen molar-refractivity contribution in [1.82, 2.24) is 0 Å². The summed E-state index contributed by atoms with van der Waals surface area (Å²) in [5.41, 5.74) is 2.20. The number of allylic oxidation sites excluding steroid dienone is 4. The van der Waals surface area contributed by atoms with E-state index in [0.717, 1.165) is 5.92 Å². The Labute approximate surface area is 75.4 Å². The normalized spacial score (nSPS) is 40.5. The molecule has 0 aromatic carbocycles. The molecule has 0 N–H and O–H groups in total. The quantitative estimate of drug-likeness (QED) is 0.509. The monoisotopic (exact) mass is 162 g/mol. The summed E-state index contributed by atoms with van der Waals surface area (Å²) in [6.07, 6.45) is 12.3. The average Bonchev–Trinajstić information content (AvgIpc) is 2.07. The number of rotatable bonds is 0. The summed E-state index contributed by atoms with van der Waals surface area (Å²) in [5.74, 6) is 0.877. The lowest BCUT2D eigenvalue weighted by Crippen LogP contribution is -2.31. The van der Waals surface area contributed by atoms with Crippen molar-refractivity contribution in [3.63, 3.8) is 0 Å². The molecule has 66 valence electrons. The molecule has 0 nitrogen and oxygen atoms in total. The van der Waals surface area contributed by atoms with Gasteiger partial charge >= 0.3 is 0 Å². The first-order valence-electron chi connectivity index (χ1n) is 5.09. The molecule has 0 aromatic heterocycles. The highest BCUT2D eigenvalue weighted by molar-refractivity contribution is 5.27. The Hall–Kier alpha value is -0.520. The van der Waals surface area contributed by atoms with Crippen LogP contribution in [0.1, 0.15) is 39.5 Å². The van der Waals surface area contributed by atoms with Gasteiger partial charge in [-0.15, -0.1) is 0 Å². The van der Waals surface area contributed by atoms with Gasteiger partial charge in [-0.1, -0.05) is 37.6 Å². The Morgan fingerprint density at radius 2 is 2.33 bits per heavy atom. The van der Waals surface area contributed by atoms with Gasteiger partial charge in [0.25, 0.3) is 0 Å². The van der Waals surface area contributed by atoms with Gasteiger partial charge in [-0.05, 0) is 37.0 Å². The molecule has 0 spiro atoms. The third kappa shape index (κ3) is 1.05. The van der Waals surface area contributed by atoms with E-state index in [9.17, 15) is 0 Å². The van der Waals surface area contributed by atoms with E-state index in [0.29, 0.717) is 5.41 Å². The summed E-state index contributed by atoms with van der Waals surface area (Å²) in [4.78, 5) is 0. The van der Waals surface area contributed by atoms with Crippen molar-refractivity contribution in [3.8, 4) is 0 Å². The van der Waals surface area contributed by atoms with Crippen LogP contribution >= 0.6 is 0 Å². The maximum atomic E-state index is 2.44. The first kappa shape index (κ1) is 8.10. The van der Waals surface area contributed by atoms with E-state index in [1.54, 1.807) is 5.57 Å². The minimum atomic E-state index is 0.507. The highest BCUT2D eigenvalue weighted by atomic mass is 14.4. The molecule has 0 saturated heterocycles. The Kier molecular flexibility index (Phi) is 1.86. The molecule has 0 amide bonds. The lowest BCUT2D eigenvalue weighted by atomic mass is 9.62. The molecule has 0 aromatic rings. The van der Waals surface area contributed by atoms with Crippen LogP contribution in [0.25, 0.3) is 0 Å². The van der Waals surface area contributed by atoms with E-state index in [2.05, 4.69) is 32.1 Å². The molecule has 0 bridgehead atoms. The highest BCUT2D eigenvalue weighted by Gasteiger charge is 2.36. The van der Waals surface area contributed by atoms with Gasteiger partial charge < -0.3 is 0 Å². The maximum Gasteiger partial charge on any atom is -0.00531 e. The Morgan fingerprint density at radius 1 is 1.50 bits per heavy atom. The van der Waals surface area contributed by atoms with Gasteiger partial charge in [0.2, 0.25) is 0 Å². The van der Waals surface area contributed by atoms with Gasteiger partial charge in [-0.3, -0.25) is 0 Å². The van der Waals surface area contributed by atoms with Crippen molar-refractivity contribution >= 4 is 0 Å². The topological polar surface area (TPSA) is 0 Å². The smallest absolute Gasteiger partial charge is 0.00531 e. The van der Waals surface area contributed by atoms with Gasteiger partial charge in [0.05, 0.1) is 0 Å². The zero-order chi connectivity index (χ0) is 8.60. The standard InChI is InChI=1S/C12H18/c1-10-6-5-8-11-7-3-4-9-12(10,11)2/h3-4,7,10H,5-6,8-9H2,1-2H3/t10-,12-/m0/s1. The van der Waals surface area contributed by atoms with E-state index in [-0.39, 0.29) is 0 Å². The van der Waals surface area contributed by atoms with Gasteiger partial charge in [-0.2, -0.15) is 0 Å². The zero-order valence-electron chi connectivity index (χ0n) is 8.14. The molecule has 0 aliphatic heterocycles. The molecule has 0 heteroatoms. The molecular weight excluding hydrogens is 144 g/mol. The van der Waals surface area contributed by atoms with Crippen LogP contribution in [-0.4, -0.2) is 0 Å². The molecule has 2 aliphatic rings. The van der Waals surface area contributed by atoms with Gasteiger partial charge in [-0.25, -0.2) is 0 Å². The summed E-state index contributed by atoms with van der Waals surface area (Å²) >= 11 is 0. The fourth-order valence-corrected chi connectivity index (χ4v) is 2.62. The SMILES string of the molecule is C[C@H]1CCCC2=CC=CC[C@]21C. The van der Waals surface area contributed by atoms with E-state index in [4.69, 9.17) is 0 Å². The van der Waals surface area contributed by atoms with Crippen LogP contribution in [-0.2, 0) is 0 Å². The van der Waals surface area contributed by atoms with E-state index in [1.807, 2.05) is 0 Å². The van der Waals surface area contributed by atoms with Gasteiger partial charge in [0.1, 0.15) is 0 Å². The molecule has 2 aliphatic carbocycles. The predicted molar refractivity (Wildman–Crippen MR) is 53.0 cm³/mol. The van der Waals surface area contributed by atoms with Crippen molar-refractivity contribution in [3.05, 3.63) is 23.8 Å². The molecule has 2 rings (SSSR count). The summed E-state index contributed by atoms with van der Waals surface area (Å²) in [6.45, 7) is 4.85. The van der Waals surface area contributed by atoms with Crippen LogP contribution in [0.15, 0.2) is 23.8 Å². The molecule has 0 heterocycles. The van der Waals surface area contributed by atoms with Crippen LogP contribution in [0.3, 0.4) is 0 Å². The third-order valence-electron chi connectivity index (χ3n) is 3.88. The van der Waals surface area contributed by atoms with Gasteiger partial charge in [0, 0.05) is 0 Å². The Balaban J connectivity index is 2.32. The molecule has 12 heavy (non-hydrogen) atoms. The minimum Gasteiger partial charge on any atom is -0.0837 e. The van der Waals surface area contributed by atoms with E-state index in [1.165, 1.54) is 25.7 Å². The fourth-order valence-electron chi connectivity index (χ4n) is 2.62. The lowest BCUT2D eigenvalue weighted by Gasteiger charge is -2.43. The largest absolute Gasteiger partial charge is 0.0837 e. The Morgan fingerprint density at radius 3 is 3.08 bits per heavy atom. The first-order valence-corrected chi connectivity index (χ1v) is 5.09. The second-order valence-corrected chi connectivity index (χ2v) is 4.53. The lowest BCUT2D eigenvalue weighted by molar-refractivity contribution is 0.201. The molecule has 1 saturated carbocycles.